The van der Waals surface area contributed by atoms with E-state index >= 15 is 0 Å². The van der Waals surface area contributed by atoms with E-state index in [1.807, 2.05) is 32.7 Å². The molecule has 50 heavy (non-hydrogen) atoms. The van der Waals surface area contributed by atoms with Crippen LogP contribution in [0.15, 0.2) is 71.6 Å². The van der Waals surface area contributed by atoms with Gasteiger partial charge in [0.2, 0.25) is 0 Å². The zero-order valence-corrected chi connectivity index (χ0v) is 30.1. The third kappa shape index (κ3) is 10.7. The summed E-state index contributed by atoms with van der Waals surface area (Å²) >= 11 is 0. The van der Waals surface area contributed by atoms with Crippen molar-refractivity contribution in [3.63, 3.8) is 0 Å². The molecule has 274 valence electrons. The molecule has 0 saturated heterocycles. The first-order chi connectivity index (χ1) is 23.6. The van der Waals surface area contributed by atoms with Crippen LogP contribution in [0.2, 0.25) is 0 Å². The molecular formula is C37H48F3N3O6S. The van der Waals surface area contributed by atoms with Crippen molar-refractivity contribution in [1.82, 2.24) is 9.80 Å². The Morgan fingerprint density at radius 1 is 1.04 bits per heavy atom. The number of hydrogen-bond acceptors (Lipinski definition) is 7. The zero-order valence-electron chi connectivity index (χ0n) is 29.2. The Bertz CT molecular complexity index is 1670. The quantitative estimate of drug-likeness (QED) is 0.252. The van der Waals surface area contributed by atoms with Gasteiger partial charge in [0, 0.05) is 37.8 Å². The van der Waals surface area contributed by atoms with E-state index in [2.05, 4.69) is 4.72 Å². The summed E-state index contributed by atoms with van der Waals surface area (Å²) in [5.41, 5.74) is 1.27. The van der Waals surface area contributed by atoms with Crippen molar-refractivity contribution in [1.29, 1.82) is 0 Å². The van der Waals surface area contributed by atoms with Crippen LogP contribution in [0.1, 0.15) is 67.1 Å². The first-order valence-corrected chi connectivity index (χ1v) is 18.3. The average molecular weight is 720 g/mol. The van der Waals surface area contributed by atoms with Gasteiger partial charge in [-0.2, -0.15) is 13.2 Å². The van der Waals surface area contributed by atoms with Gasteiger partial charge in [-0.15, -0.1) is 0 Å². The van der Waals surface area contributed by atoms with E-state index in [9.17, 15) is 31.5 Å². The minimum Gasteiger partial charge on any atom is -0.490 e. The molecule has 9 nitrogen and oxygen atoms in total. The molecule has 0 radical (unpaired) electrons. The number of rotatable bonds is 9. The maximum Gasteiger partial charge on any atom is 0.416 e. The number of benzene rings is 3. The number of sulfonamides is 1. The largest absolute Gasteiger partial charge is 0.490 e. The maximum atomic E-state index is 14.4. The van der Waals surface area contributed by atoms with Gasteiger partial charge < -0.3 is 19.5 Å². The fourth-order valence-corrected chi connectivity index (χ4v) is 6.91. The van der Waals surface area contributed by atoms with Crippen LogP contribution in [0.25, 0.3) is 0 Å². The van der Waals surface area contributed by atoms with E-state index in [0.29, 0.717) is 31.9 Å². The number of hydrogen-bond donors (Lipinski definition) is 2. The second kappa shape index (κ2) is 17.0. The maximum absolute atomic E-state index is 14.4. The van der Waals surface area contributed by atoms with Gasteiger partial charge in [0.15, 0.2) is 0 Å². The van der Waals surface area contributed by atoms with Crippen molar-refractivity contribution < 1.29 is 41.0 Å². The van der Waals surface area contributed by atoms with Gasteiger partial charge in [0.1, 0.15) is 5.75 Å². The molecule has 4 rings (SSSR count). The number of nitrogens with zero attached hydrogens (tertiary/aromatic N) is 2. The molecule has 3 aromatic carbocycles. The van der Waals surface area contributed by atoms with E-state index in [-0.39, 0.29) is 47.4 Å². The first-order valence-electron chi connectivity index (χ1n) is 16.9. The summed E-state index contributed by atoms with van der Waals surface area (Å²) in [5, 5.41) is 10.2. The molecule has 0 unspecified atom stereocenters. The van der Waals surface area contributed by atoms with Crippen LogP contribution < -0.4 is 9.46 Å². The Balaban J connectivity index is 1.61. The predicted molar refractivity (Wildman–Crippen MR) is 187 cm³/mol. The monoisotopic (exact) mass is 719 g/mol. The van der Waals surface area contributed by atoms with Gasteiger partial charge in [0.05, 0.1) is 40.9 Å². The number of nitrogens with one attached hydrogen (secondary N) is 1. The lowest BCUT2D eigenvalue weighted by Gasteiger charge is -2.36. The molecule has 0 fully saturated rings. The van der Waals surface area contributed by atoms with Crippen LogP contribution >= 0.6 is 0 Å². The third-order valence-electron chi connectivity index (χ3n) is 8.86. The lowest BCUT2D eigenvalue weighted by atomic mass is 10.0. The fraction of sp³-hybridized carbons (Fsp3) is 0.486. The second-order valence-electron chi connectivity index (χ2n) is 13.3. The number of anilines is 1. The van der Waals surface area contributed by atoms with Gasteiger partial charge >= 0.3 is 6.18 Å². The smallest absolute Gasteiger partial charge is 0.416 e. The van der Waals surface area contributed by atoms with Gasteiger partial charge in [0.25, 0.3) is 15.9 Å². The minimum atomic E-state index is -4.41. The normalized spacial score (nSPS) is 20.5. The van der Waals surface area contributed by atoms with E-state index in [1.54, 1.807) is 36.1 Å². The number of amides is 1. The summed E-state index contributed by atoms with van der Waals surface area (Å²) in [6.07, 6.45) is -2.76. The van der Waals surface area contributed by atoms with Crippen LogP contribution in [0.5, 0.6) is 5.75 Å². The zero-order chi connectivity index (χ0) is 36.6. The summed E-state index contributed by atoms with van der Waals surface area (Å²) in [4.78, 5) is 18.0. The molecule has 0 spiro atoms. The molecule has 4 atom stereocenters. The fourth-order valence-electron chi connectivity index (χ4n) is 5.86. The lowest BCUT2D eigenvalue weighted by Crippen LogP contribution is -2.47. The number of fused-ring (bicyclic) bond motifs is 1. The molecule has 1 aliphatic heterocycles. The molecule has 0 saturated carbocycles. The molecular weight excluding hydrogens is 671 g/mol. The van der Waals surface area contributed by atoms with Crippen molar-refractivity contribution in [2.75, 3.05) is 38.1 Å². The highest BCUT2D eigenvalue weighted by atomic mass is 32.2. The number of aryl methyl sites for hydroxylation is 1. The van der Waals surface area contributed by atoms with Crippen LogP contribution in [-0.4, -0.2) is 80.8 Å². The molecule has 1 aliphatic rings. The molecule has 0 aromatic heterocycles. The highest BCUT2D eigenvalue weighted by Gasteiger charge is 2.32. The van der Waals surface area contributed by atoms with Crippen LogP contribution in [-0.2, 0) is 27.5 Å². The van der Waals surface area contributed by atoms with Crippen LogP contribution in [0.4, 0.5) is 18.9 Å². The van der Waals surface area contributed by atoms with Crippen molar-refractivity contribution in [3.8, 4) is 5.75 Å². The summed E-state index contributed by atoms with van der Waals surface area (Å²) in [6.45, 7) is 8.65. The Kier molecular flexibility index (Phi) is 13.3. The van der Waals surface area contributed by atoms with E-state index in [0.717, 1.165) is 36.1 Å². The van der Waals surface area contributed by atoms with E-state index < -0.39 is 33.7 Å². The van der Waals surface area contributed by atoms with Crippen molar-refractivity contribution in [3.05, 3.63) is 89.0 Å². The number of carbonyl (C=O) groups is 1. The van der Waals surface area contributed by atoms with Crippen LogP contribution in [0.3, 0.4) is 0 Å². The molecule has 3 aromatic rings. The summed E-state index contributed by atoms with van der Waals surface area (Å²) in [5.74, 6) is -0.354. The summed E-state index contributed by atoms with van der Waals surface area (Å²) in [7, 11) is -2.09. The predicted octanol–water partition coefficient (Wildman–Crippen LogP) is 6.74. The second-order valence-corrected chi connectivity index (χ2v) is 15.0. The highest BCUT2D eigenvalue weighted by Crippen LogP contribution is 2.31. The number of ether oxygens (including phenoxy) is 2. The Labute approximate surface area is 293 Å². The SMILES string of the molecule is Cc1ccc(S(=O)(=O)Nc2ccc3c(c2)C(=O)N([C@@H](C)CO)C[C@H](C)[C@@H](CN(C)Cc2ccc(C(F)(F)F)cc2)OCCCC[C@@H](C)O3)cc1. The Hall–Kier alpha value is -3.65. The Morgan fingerprint density at radius 2 is 1.72 bits per heavy atom. The molecule has 0 aliphatic carbocycles. The minimum absolute atomic E-state index is 0.0815. The van der Waals surface area contributed by atoms with Crippen molar-refractivity contribution >= 4 is 21.6 Å². The van der Waals surface area contributed by atoms with Gasteiger partial charge in [-0.1, -0.05) is 36.8 Å². The van der Waals surface area contributed by atoms with Crippen molar-refractivity contribution in [2.45, 2.75) is 82.8 Å². The van der Waals surface area contributed by atoms with Crippen LogP contribution in [0, 0.1) is 12.8 Å². The summed E-state index contributed by atoms with van der Waals surface area (Å²) < 4.78 is 80.9. The summed E-state index contributed by atoms with van der Waals surface area (Å²) in [6, 6.07) is 15.5. The number of halogens is 3. The number of carbonyl (C=O) groups excluding carboxylic acids is 1. The lowest BCUT2D eigenvalue weighted by molar-refractivity contribution is -0.137. The van der Waals surface area contributed by atoms with E-state index in [4.69, 9.17) is 9.47 Å². The van der Waals surface area contributed by atoms with Crippen molar-refractivity contribution in [2.24, 2.45) is 5.92 Å². The number of likely N-dealkylation sites (N-methyl/N-ethyl adjacent to an activating group) is 1. The number of alkyl halides is 3. The third-order valence-corrected chi connectivity index (χ3v) is 10.3. The molecule has 1 heterocycles. The topological polar surface area (TPSA) is 108 Å². The molecule has 0 bridgehead atoms. The standard InChI is InChI=1S/C37H48F3N3O6S/c1-25-9-16-32(17-10-25)50(46,47)41-31-15-18-34-33(20-31)36(45)43(27(3)24-44)21-26(2)35(48-19-7-6-8-28(4)49-34)23-42(5)22-29-11-13-30(14-12-29)37(38,39)40/h9-18,20,26-28,35,41,44H,6-8,19,21-24H2,1-5H3/t26-,27-,28+,35+/m0/s1. The number of aliphatic hydroxyl groups is 1. The molecule has 13 heteroatoms. The van der Waals surface area contributed by atoms with E-state index in [1.165, 1.54) is 30.3 Å². The van der Waals surface area contributed by atoms with Gasteiger partial charge in [-0.3, -0.25) is 14.4 Å². The first kappa shape index (κ1) is 39.1. The average Bonchev–Trinajstić information content (AvgIpc) is 3.06. The highest BCUT2D eigenvalue weighted by molar-refractivity contribution is 7.92. The Morgan fingerprint density at radius 3 is 2.36 bits per heavy atom. The molecule has 2 N–H and O–H groups in total. The van der Waals surface area contributed by atoms with Gasteiger partial charge in [-0.25, -0.2) is 8.42 Å². The van der Waals surface area contributed by atoms with Gasteiger partial charge in [-0.05, 0) is 95.1 Å². The molecule has 1 amide bonds. The number of aliphatic hydroxyl groups excluding tert-OH is 1.